The van der Waals surface area contributed by atoms with Crippen LogP contribution < -0.4 is 10.6 Å². The van der Waals surface area contributed by atoms with Crippen LogP contribution in [0.3, 0.4) is 0 Å². The van der Waals surface area contributed by atoms with Crippen LogP contribution in [-0.4, -0.2) is 146 Å². The van der Waals surface area contributed by atoms with Crippen LogP contribution in [0.2, 0.25) is 0 Å². The second-order valence-corrected chi connectivity index (χ2v) is 21.1. The first-order valence-corrected chi connectivity index (χ1v) is 26.9. The maximum atomic E-state index is 14.5. The van der Waals surface area contributed by atoms with Crippen molar-refractivity contribution in [1.29, 1.82) is 0 Å². The number of cyclic esters (lactones) is 2. The van der Waals surface area contributed by atoms with E-state index in [4.69, 9.17) is 52.1 Å². The second kappa shape index (κ2) is 27.1. The summed E-state index contributed by atoms with van der Waals surface area (Å²) < 4.78 is 68.0. The molecule has 4 aliphatic rings. The molecular formula is C61H68N2O18. The molecule has 20 heteroatoms. The molecule has 81 heavy (non-hydrogen) atoms. The molecule has 3 aliphatic heterocycles. The van der Waals surface area contributed by atoms with Gasteiger partial charge in [0.2, 0.25) is 5.91 Å². The predicted molar refractivity (Wildman–Crippen MR) is 287 cm³/mol. The number of hydrogen-bond acceptors (Lipinski definition) is 18. The first-order valence-electron chi connectivity index (χ1n) is 26.9. The molecule has 2 amide bonds. The van der Waals surface area contributed by atoms with E-state index < -0.39 is 135 Å². The molecule has 430 valence electrons. The summed E-state index contributed by atoms with van der Waals surface area (Å²) in [7, 11) is 1.26. The van der Waals surface area contributed by atoms with Crippen LogP contribution in [0.15, 0.2) is 140 Å². The molecule has 0 radical (unpaired) electrons. The van der Waals surface area contributed by atoms with Gasteiger partial charge in [-0.15, -0.1) is 0 Å². The maximum Gasteiger partial charge on any atom is 0.407 e. The minimum absolute atomic E-state index is 0.00639. The van der Waals surface area contributed by atoms with Crippen molar-refractivity contribution in [3.8, 4) is 11.1 Å². The van der Waals surface area contributed by atoms with Crippen molar-refractivity contribution >= 4 is 29.9 Å². The molecule has 20 nitrogen and oxygen atoms in total. The Bertz CT molecular complexity index is 2860. The topological polar surface area (TPSA) is 251 Å². The van der Waals surface area contributed by atoms with Crippen molar-refractivity contribution in [3.63, 3.8) is 0 Å². The van der Waals surface area contributed by atoms with Gasteiger partial charge in [0.25, 0.3) is 0 Å². The summed E-state index contributed by atoms with van der Waals surface area (Å²) in [5, 5.41) is 28.8. The fourth-order valence-corrected chi connectivity index (χ4v) is 10.2. The molecule has 0 saturated carbocycles. The lowest BCUT2D eigenvalue weighted by Gasteiger charge is -2.48. The summed E-state index contributed by atoms with van der Waals surface area (Å²) in [6.45, 7) is 3.37. The average molecular weight is 1120 g/mol. The molecule has 4 N–H and O–H groups in total. The number of nitrogens with one attached hydrogen (secondary N) is 2. The van der Waals surface area contributed by atoms with Gasteiger partial charge in [0.1, 0.15) is 86.3 Å². The number of alkyl carbamates (subject to hydrolysis) is 1. The van der Waals surface area contributed by atoms with Gasteiger partial charge in [-0.2, -0.15) is 0 Å². The van der Waals surface area contributed by atoms with Crippen LogP contribution in [0.25, 0.3) is 11.1 Å². The van der Waals surface area contributed by atoms with E-state index in [9.17, 15) is 34.2 Å². The number of carbonyl (C=O) groups is 5. The van der Waals surface area contributed by atoms with E-state index in [1.54, 1.807) is 20.8 Å². The van der Waals surface area contributed by atoms with Crippen molar-refractivity contribution < 1.29 is 86.3 Å². The first-order chi connectivity index (χ1) is 39.1. The third-order valence-electron chi connectivity index (χ3n) is 14.1. The Kier molecular flexibility index (Phi) is 19.6. The number of fused-ring (bicyclic) bond motifs is 7. The smallest absolute Gasteiger partial charge is 0.407 e. The van der Waals surface area contributed by atoms with Crippen LogP contribution in [-0.2, 0) is 91.1 Å². The zero-order valence-electron chi connectivity index (χ0n) is 45.4. The summed E-state index contributed by atoms with van der Waals surface area (Å²) in [5.41, 5.74) is 5.03. The van der Waals surface area contributed by atoms with E-state index in [1.165, 1.54) is 7.11 Å². The minimum atomic E-state index is -1.78. The number of ether oxygens (including phenoxy) is 11. The fraction of sp³-hybridized carbons (Fsp3) is 0.426. The highest BCUT2D eigenvalue weighted by molar-refractivity contribution is 5.94. The lowest BCUT2D eigenvalue weighted by molar-refractivity contribution is -0.369. The van der Waals surface area contributed by atoms with E-state index in [0.29, 0.717) is 0 Å². The van der Waals surface area contributed by atoms with Crippen molar-refractivity contribution in [2.24, 2.45) is 0 Å². The SMILES string of the molecule is CO[C@H]1O[C@@H]2COC(=O)C[C@@H](C(=O)OC(C)(C)C)NC(=O)[C@@H](NC(=O)OCC3c4ccccc4-c4ccccc43)CC(=O)OC[C@H]3O[C@@H](O[C@H]([C@@H]1O)[C@@H]2O)[C@@H](OCc1ccccc1)[C@@H](OCc1ccccc1)[C@@H]3OCc1ccccc1. The van der Waals surface area contributed by atoms with Crippen molar-refractivity contribution in [3.05, 3.63) is 167 Å². The molecule has 1 aliphatic carbocycles. The number of hydrogen-bond donors (Lipinski definition) is 4. The quantitative estimate of drug-likeness (QED) is 0.0785. The highest BCUT2D eigenvalue weighted by atomic mass is 16.8. The Morgan fingerprint density at radius 2 is 1.12 bits per heavy atom. The zero-order valence-corrected chi connectivity index (χ0v) is 45.4. The number of methoxy groups -OCH3 is 1. The molecular weight excluding hydrogens is 1050 g/mol. The summed E-state index contributed by atoms with van der Waals surface area (Å²) in [6.07, 6.45) is -16.9. The fourth-order valence-electron chi connectivity index (χ4n) is 10.2. The lowest BCUT2D eigenvalue weighted by Crippen LogP contribution is -2.66. The normalized spacial score (nSPS) is 27.4. The number of esters is 3. The third-order valence-corrected chi connectivity index (χ3v) is 14.1. The van der Waals surface area contributed by atoms with Crippen LogP contribution in [0.1, 0.15) is 67.3 Å². The number of amides is 2. The minimum Gasteiger partial charge on any atom is -0.463 e. The van der Waals surface area contributed by atoms with Gasteiger partial charge in [-0.3, -0.25) is 14.4 Å². The van der Waals surface area contributed by atoms with E-state index in [2.05, 4.69) is 10.6 Å². The Balaban J connectivity index is 1.06. The Morgan fingerprint density at radius 1 is 0.617 bits per heavy atom. The van der Waals surface area contributed by atoms with Gasteiger partial charge >= 0.3 is 24.0 Å². The van der Waals surface area contributed by atoms with Crippen molar-refractivity contribution in [2.45, 2.75) is 138 Å². The largest absolute Gasteiger partial charge is 0.463 e. The van der Waals surface area contributed by atoms with Crippen LogP contribution in [0, 0.1) is 0 Å². The average Bonchev–Trinajstić information content (AvgIpc) is 4.01. The number of aliphatic hydroxyl groups is 2. The number of benzene rings is 5. The monoisotopic (exact) mass is 1120 g/mol. The number of aliphatic hydroxyl groups excluding tert-OH is 2. The van der Waals surface area contributed by atoms with Crippen molar-refractivity contribution in [1.82, 2.24) is 10.6 Å². The van der Waals surface area contributed by atoms with Gasteiger partial charge in [-0.25, -0.2) is 9.59 Å². The van der Waals surface area contributed by atoms with Gasteiger partial charge in [0, 0.05) is 13.0 Å². The van der Waals surface area contributed by atoms with Gasteiger partial charge < -0.3 is 73.0 Å². The van der Waals surface area contributed by atoms with E-state index >= 15 is 0 Å². The Hall–Kier alpha value is -7.11. The highest BCUT2D eigenvalue weighted by Crippen LogP contribution is 2.44. The van der Waals surface area contributed by atoms with E-state index in [0.717, 1.165) is 38.9 Å². The van der Waals surface area contributed by atoms with E-state index in [1.807, 2.05) is 140 Å². The summed E-state index contributed by atoms with van der Waals surface area (Å²) >= 11 is 0. The Morgan fingerprint density at radius 3 is 1.68 bits per heavy atom. The van der Waals surface area contributed by atoms with E-state index in [-0.39, 0.29) is 32.3 Å². The third kappa shape index (κ3) is 15.1. The molecule has 3 fully saturated rings. The van der Waals surface area contributed by atoms with Crippen LogP contribution in [0.5, 0.6) is 0 Å². The molecule has 5 aromatic carbocycles. The second-order valence-electron chi connectivity index (χ2n) is 21.1. The molecule has 5 aromatic rings. The van der Waals surface area contributed by atoms with Crippen LogP contribution >= 0.6 is 0 Å². The zero-order chi connectivity index (χ0) is 57.0. The lowest BCUT2D eigenvalue weighted by atomic mass is 9.96. The summed E-state index contributed by atoms with van der Waals surface area (Å²) in [4.78, 5) is 70.5. The maximum absolute atomic E-state index is 14.5. The highest BCUT2D eigenvalue weighted by Gasteiger charge is 2.54. The molecule has 0 aromatic heterocycles. The first kappa shape index (κ1) is 58.5. The van der Waals surface area contributed by atoms with Gasteiger partial charge in [0.15, 0.2) is 12.6 Å². The molecule has 3 saturated heterocycles. The summed E-state index contributed by atoms with van der Waals surface area (Å²) in [5.74, 6) is -4.60. The van der Waals surface area contributed by atoms with Gasteiger partial charge in [0.05, 0.1) is 32.7 Å². The summed E-state index contributed by atoms with van der Waals surface area (Å²) in [6, 6.07) is 39.8. The molecule has 4 bridgehead atoms. The van der Waals surface area contributed by atoms with Gasteiger partial charge in [-0.05, 0) is 59.7 Å². The Labute approximate surface area is 469 Å². The van der Waals surface area contributed by atoms with Crippen molar-refractivity contribution in [2.75, 3.05) is 26.9 Å². The standard InChI is InChI=1S/C61H68N2O18/c1-61(2,3)81-57(69)45-29-49(65)72-34-46-50(66)53(51(67)58(71-4)78-46)80-59-55(76-32-38-22-12-7-13-23-38)54(75-31-37-20-10-6-11-21-37)52(74-30-36-18-8-5-9-19-36)47(79-59)35-73-48(64)28-44(56(68)62-45)63-60(70)77-33-43-41-26-16-14-24-39(41)40-25-15-17-27-42(40)43/h5-27,43-47,50-55,58-59,66-67H,28-35H2,1-4H3,(H,62,68)(H,63,70)/t44-,45-,46+,47+,50+,51-,52+,53-,54-,55-,58-,59-/m0/s1. The molecule has 0 unspecified atom stereocenters. The molecule has 3 heterocycles. The molecule has 0 spiro atoms. The number of carbonyl (C=O) groups excluding carboxylic acids is 5. The molecule has 9 rings (SSSR count). The number of rotatable bonds is 14. The van der Waals surface area contributed by atoms with Gasteiger partial charge in [-0.1, -0.05) is 140 Å². The van der Waals surface area contributed by atoms with Crippen LogP contribution in [0.4, 0.5) is 4.79 Å². The molecule has 12 atom stereocenters. The predicted octanol–water partition coefficient (Wildman–Crippen LogP) is 5.56.